The molecule has 0 bridgehead atoms. The molecule has 0 amide bonds. The van der Waals surface area contributed by atoms with Crippen LogP contribution in [0.5, 0.6) is 0 Å². The second-order valence-corrected chi connectivity index (χ2v) is 4.90. The molecule has 0 fully saturated rings. The molecule has 0 saturated carbocycles. The van der Waals surface area contributed by atoms with E-state index in [-0.39, 0.29) is 5.69 Å². The third-order valence-corrected chi connectivity index (χ3v) is 3.31. The van der Waals surface area contributed by atoms with Crippen molar-refractivity contribution in [2.75, 3.05) is 12.3 Å². The quantitative estimate of drug-likeness (QED) is 0.681. The van der Waals surface area contributed by atoms with Gasteiger partial charge in [-0.1, -0.05) is 0 Å². The molecule has 6 nitrogen and oxygen atoms in total. The third-order valence-electron chi connectivity index (χ3n) is 2.39. The van der Waals surface area contributed by atoms with Gasteiger partial charge in [0.05, 0.1) is 17.9 Å². The maximum absolute atomic E-state index is 11.7. The van der Waals surface area contributed by atoms with Crippen molar-refractivity contribution < 1.29 is 9.53 Å². The number of carbonyl (C=O) groups excluding carboxylic acids is 1. The normalized spacial score (nSPS) is 10.3. The van der Waals surface area contributed by atoms with E-state index in [9.17, 15) is 4.79 Å². The van der Waals surface area contributed by atoms with E-state index in [1.165, 1.54) is 24.0 Å². The molecule has 2 heterocycles. The summed E-state index contributed by atoms with van der Waals surface area (Å²) in [6, 6.07) is 1.54. The molecule has 0 unspecified atom stereocenters. The first-order valence-corrected chi connectivity index (χ1v) is 6.81. The molecule has 0 saturated heterocycles. The number of aryl methyl sites for hydroxylation is 1. The predicted octanol–water partition coefficient (Wildman–Crippen LogP) is 2.09. The summed E-state index contributed by atoms with van der Waals surface area (Å²) in [5.74, 6) is -0.459. The number of nitrogens with two attached hydrogens (primary N) is 1. The molecule has 20 heavy (non-hydrogen) atoms. The molecule has 2 N–H and O–H groups in total. The first-order chi connectivity index (χ1) is 9.61. The Morgan fingerprint density at radius 1 is 1.35 bits per heavy atom. The average molecular weight is 290 g/mol. The van der Waals surface area contributed by atoms with E-state index in [2.05, 4.69) is 15.0 Å². The lowest BCUT2D eigenvalue weighted by Crippen LogP contribution is -2.09. The summed E-state index contributed by atoms with van der Waals surface area (Å²) in [4.78, 5) is 24.2. The molecule has 2 aromatic rings. The highest BCUT2D eigenvalue weighted by Gasteiger charge is 2.15. The fourth-order valence-corrected chi connectivity index (χ4v) is 2.16. The van der Waals surface area contributed by atoms with Gasteiger partial charge in [-0.2, -0.15) is 0 Å². The molecule has 0 aliphatic rings. The number of nitrogen functional groups attached to an aromatic ring is 1. The summed E-state index contributed by atoms with van der Waals surface area (Å²) in [6.45, 7) is 3.94. The van der Waals surface area contributed by atoms with Crippen LogP contribution in [0.15, 0.2) is 34.8 Å². The van der Waals surface area contributed by atoms with Crippen molar-refractivity contribution in [1.29, 1.82) is 0 Å². The Bertz CT molecular complexity index is 616. The largest absolute Gasteiger partial charge is 0.462 e. The number of carbonyl (C=O) groups is 1. The Balaban J connectivity index is 2.26. The number of pyridine rings is 1. The highest BCUT2D eigenvalue weighted by molar-refractivity contribution is 7.99. The summed E-state index contributed by atoms with van der Waals surface area (Å²) in [5.41, 5.74) is 7.50. The third kappa shape index (κ3) is 3.24. The molecule has 0 radical (unpaired) electrons. The van der Waals surface area contributed by atoms with Crippen LogP contribution < -0.4 is 5.73 Å². The molecule has 104 valence electrons. The van der Waals surface area contributed by atoms with Crippen LogP contribution in [-0.4, -0.2) is 27.5 Å². The monoisotopic (exact) mass is 290 g/mol. The van der Waals surface area contributed by atoms with E-state index in [0.29, 0.717) is 22.4 Å². The van der Waals surface area contributed by atoms with Gasteiger partial charge in [-0.05, 0) is 37.2 Å². The molecule has 2 aromatic heterocycles. The number of esters is 1. The van der Waals surface area contributed by atoms with Gasteiger partial charge in [-0.25, -0.2) is 19.7 Å². The zero-order valence-electron chi connectivity index (χ0n) is 11.2. The first-order valence-electron chi connectivity index (χ1n) is 6.00. The Labute approximate surface area is 120 Å². The fraction of sp³-hybridized carbons (Fsp3) is 0.231. The fourth-order valence-electron chi connectivity index (χ4n) is 1.44. The minimum Gasteiger partial charge on any atom is -0.462 e. The topological polar surface area (TPSA) is 91.0 Å². The van der Waals surface area contributed by atoms with Gasteiger partial charge in [0.1, 0.15) is 5.03 Å². The van der Waals surface area contributed by atoms with Gasteiger partial charge in [-0.15, -0.1) is 0 Å². The lowest BCUT2D eigenvalue weighted by molar-refractivity contribution is 0.0527. The summed E-state index contributed by atoms with van der Waals surface area (Å²) in [6.07, 6.45) is 4.93. The van der Waals surface area contributed by atoms with Crippen LogP contribution in [0.2, 0.25) is 0 Å². The van der Waals surface area contributed by atoms with Crippen molar-refractivity contribution in [3.63, 3.8) is 0 Å². The lowest BCUT2D eigenvalue weighted by atomic mass is 10.2. The van der Waals surface area contributed by atoms with Crippen LogP contribution in [0, 0.1) is 6.92 Å². The van der Waals surface area contributed by atoms with E-state index in [1.54, 1.807) is 19.3 Å². The van der Waals surface area contributed by atoms with E-state index in [1.807, 2.05) is 6.92 Å². The SMILES string of the molecule is CCOC(=O)c1ccnc(Sc2ncc(C)cn2)c1N. The van der Waals surface area contributed by atoms with Crippen LogP contribution in [0.25, 0.3) is 0 Å². The van der Waals surface area contributed by atoms with E-state index < -0.39 is 5.97 Å². The Hall–Kier alpha value is -2.15. The van der Waals surface area contributed by atoms with Crippen molar-refractivity contribution in [2.24, 2.45) is 0 Å². The minimum absolute atomic E-state index is 0.278. The van der Waals surface area contributed by atoms with Crippen molar-refractivity contribution >= 4 is 23.4 Å². The van der Waals surface area contributed by atoms with Crippen molar-refractivity contribution in [2.45, 2.75) is 24.0 Å². The number of hydrogen-bond acceptors (Lipinski definition) is 7. The molecule has 0 aromatic carbocycles. The molecular formula is C13H14N4O2S. The maximum atomic E-state index is 11.7. The zero-order chi connectivity index (χ0) is 14.5. The molecule has 0 aliphatic carbocycles. The standard InChI is InChI=1S/C13H14N4O2S/c1-3-19-12(18)9-4-5-15-11(10(9)14)20-13-16-6-8(2)7-17-13/h4-7H,3,14H2,1-2H3. The van der Waals surface area contributed by atoms with E-state index >= 15 is 0 Å². The van der Waals surface area contributed by atoms with Gasteiger partial charge in [0.2, 0.25) is 0 Å². The second-order valence-electron chi connectivity index (χ2n) is 3.94. The van der Waals surface area contributed by atoms with Crippen LogP contribution >= 0.6 is 11.8 Å². The summed E-state index contributed by atoms with van der Waals surface area (Å²) in [5, 5.41) is 1.01. The van der Waals surface area contributed by atoms with Gasteiger partial charge in [0.15, 0.2) is 5.16 Å². The van der Waals surface area contributed by atoms with Crippen molar-refractivity contribution in [1.82, 2.24) is 15.0 Å². The van der Waals surface area contributed by atoms with Crippen LogP contribution in [0.3, 0.4) is 0 Å². The Kier molecular flexibility index (Phi) is 4.52. The molecule has 2 rings (SSSR count). The summed E-state index contributed by atoms with van der Waals surface area (Å²) >= 11 is 1.21. The van der Waals surface area contributed by atoms with Crippen LogP contribution in [-0.2, 0) is 4.74 Å². The first kappa shape index (κ1) is 14.3. The summed E-state index contributed by atoms with van der Waals surface area (Å²) < 4.78 is 4.94. The van der Waals surface area contributed by atoms with Crippen molar-refractivity contribution in [3.05, 3.63) is 35.8 Å². The number of ether oxygens (including phenoxy) is 1. The van der Waals surface area contributed by atoms with E-state index in [0.717, 1.165) is 5.56 Å². The molecule has 0 aliphatic heterocycles. The Morgan fingerprint density at radius 2 is 2.05 bits per heavy atom. The van der Waals surface area contributed by atoms with Crippen LogP contribution in [0.1, 0.15) is 22.8 Å². The molecule has 0 spiro atoms. The lowest BCUT2D eigenvalue weighted by Gasteiger charge is -2.08. The highest BCUT2D eigenvalue weighted by Crippen LogP contribution is 2.29. The summed E-state index contributed by atoms with van der Waals surface area (Å²) in [7, 11) is 0. The second kappa shape index (κ2) is 6.33. The van der Waals surface area contributed by atoms with Crippen LogP contribution in [0.4, 0.5) is 5.69 Å². The average Bonchev–Trinajstić information content (AvgIpc) is 2.44. The van der Waals surface area contributed by atoms with Gasteiger partial charge in [0.25, 0.3) is 0 Å². The predicted molar refractivity (Wildman–Crippen MR) is 75.5 cm³/mol. The number of rotatable bonds is 4. The zero-order valence-corrected chi connectivity index (χ0v) is 12.0. The number of anilines is 1. The van der Waals surface area contributed by atoms with Crippen molar-refractivity contribution in [3.8, 4) is 0 Å². The highest BCUT2D eigenvalue weighted by atomic mass is 32.2. The molecular weight excluding hydrogens is 276 g/mol. The molecule has 0 atom stereocenters. The number of aromatic nitrogens is 3. The minimum atomic E-state index is -0.459. The molecule has 7 heteroatoms. The smallest absolute Gasteiger partial charge is 0.340 e. The van der Waals surface area contributed by atoms with Gasteiger partial charge in [0, 0.05) is 18.6 Å². The van der Waals surface area contributed by atoms with Gasteiger partial charge in [-0.3, -0.25) is 0 Å². The van der Waals surface area contributed by atoms with Gasteiger partial charge >= 0.3 is 5.97 Å². The Morgan fingerprint density at radius 3 is 2.70 bits per heavy atom. The van der Waals surface area contributed by atoms with E-state index in [4.69, 9.17) is 10.5 Å². The number of hydrogen-bond donors (Lipinski definition) is 1. The van der Waals surface area contributed by atoms with Gasteiger partial charge < -0.3 is 10.5 Å². The maximum Gasteiger partial charge on any atom is 0.340 e. The number of nitrogens with zero attached hydrogens (tertiary/aromatic N) is 3.